The average Bonchev–Trinajstić information content (AvgIpc) is 3.07. The van der Waals surface area contributed by atoms with Crippen LogP contribution in [0.15, 0.2) is 16.1 Å². The number of likely N-dealkylation sites (tertiary alicyclic amines) is 1. The van der Waals surface area contributed by atoms with Gasteiger partial charge in [0.15, 0.2) is 11.4 Å². The maximum absolute atomic E-state index is 13.1. The number of ketones is 1. The molecule has 4 N–H and O–H groups in total. The van der Waals surface area contributed by atoms with E-state index in [2.05, 4.69) is 4.99 Å². The van der Waals surface area contributed by atoms with Crippen molar-refractivity contribution >= 4 is 17.7 Å². The Hall–Kier alpha value is -1.73. The molecule has 30 heavy (non-hydrogen) atoms. The highest BCUT2D eigenvalue weighted by Crippen LogP contribution is 2.76. The second-order valence-corrected chi connectivity index (χ2v) is 10.4. The number of fused-ring (bicyclic) bond motifs is 1. The Morgan fingerprint density at radius 3 is 2.73 bits per heavy atom. The van der Waals surface area contributed by atoms with Gasteiger partial charge in [0.1, 0.15) is 0 Å². The Labute approximate surface area is 177 Å². The number of carbonyl (C=O) groups excluding carboxylic acids is 2. The maximum atomic E-state index is 13.1. The first-order chi connectivity index (χ1) is 14.3. The molecule has 3 saturated carbocycles. The van der Waals surface area contributed by atoms with Gasteiger partial charge in [-0.1, -0.05) is 12.0 Å². The van der Waals surface area contributed by atoms with Crippen molar-refractivity contribution in [2.75, 3.05) is 20.1 Å². The van der Waals surface area contributed by atoms with E-state index in [1.165, 1.54) is 4.90 Å². The fourth-order valence-electron chi connectivity index (χ4n) is 8.55. The summed E-state index contributed by atoms with van der Waals surface area (Å²) < 4.78 is 0. The molecule has 7 heteroatoms. The van der Waals surface area contributed by atoms with Crippen LogP contribution in [0.3, 0.4) is 0 Å². The van der Waals surface area contributed by atoms with Gasteiger partial charge in [0, 0.05) is 29.9 Å². The number of nitrogens with zero attached hydrogens (tertiary/aromatic N) is 1. The highest BCUT2D eigenvalue weighted by atomic mass is 16.4. The second-order valence-electron chi connectivity index (χ2n) is 10.4. The minimum Gasteiger partial charge on any atom is -0.545 e. The van der Waals surface area contributed by atoms with Gasteiger partial charge < -0.3 is 20.7 Å². The van der Waals surface area contributed by atoms with E-state index >= 15 is 0 Å². The predicted octanol–water partition coefficient (Wildman–Crippen LogP) is -0.663. The maximum Gasteiger partial charge on any atom is 0.293 e. The first-order valence-corrected chi connectivity index (χ1v) is 11.6. The van der Waals surface area contributed by atoms with Crippen LogP contribution in [0.5, 0.6) is 0 Å². The Kier molecular flexibility index (Phi) is 4.46. The molecule has 3 bridgehead atoms. The van der Waals surface area contributed by atoms with Crippen LogP contribution in [-0.4, -0.2) is 48.6 Å². The van der Waals surface area contributed by atoms with E-state index in [1.807, 2.05) is 0 Å². The number of guanidine groups is 1. The number of aliphatic imine (C=N–C) groups is 1. The molecule has 6 unspecified atom stereocenters. The largest absolute Gasteiger partial charge is 0.545 e. The summed E-state index contributed by atoms with van der Waals surface area (Å²) in [6, 6.07) is 0. The van der Waals surface area contributed by atoms with Gasteiger partial charge in [0.05, 0.1) is 19.1 Å². The van der Waals surface area contributed by atoms with E-state index in [-0.39, 0.29) is 29.6 Å². The lowest BCUT2D eigenvalue weighted by molar-refractivity contribution is -0.826. The highest BCUT2D eigenvalue weighted by Gasteiger charge is 2.75. The smallest absolute Gasteiger partial charge is 0.293 e. The molecule has 0 amide bonds. The van der Waals surface area contributed by atoms with Crippen molar-refractivity contribution in [2.45, 2.75) is 69.8 Å². The summed E-state index contributed by atoms with van der Waals surface area (Å²) in [5, 5.41) is 24.0. The third-order valence-electron chi connectivity index (χ3n) is 9.57. The zero-order valence-corrected chi connectivity index (χ0v) is 17.8. The zero-order valence-electron chi connectivity index (χ0n) is 17.8. The minimum absolute atomic E-state index is 0.0765. The molecule has 0 aromatic carbocycles. The number of carboxylic acid groups (broad SMARTS) is 1. The van der Waals surface area contributed by atoms with E-state index < -0.39 is 17.0 Å². The van der Waals surface area contributed by atoms with E-state index in [4.69, 9.17) is 5.73 Å². The Balaban J connectivity index is 1.74. The van der Waals surface area contributed by atoms with Crippen LogP contribution in [0.2, 0.25) is 0 Å². The quantitative estimate of drug-likeness (QED) is 0.388. The van der Waals surface area contributed by atoms with E-state index in [9.17, 15) is 19.8 Å². The minimum atomic E-state index is -1.89. The Morgan fingerprint density at radius 2 is 2.00 bits per heavy atom. The molecule has 6 atom stereocenters. The third kappa shape index (κ3) is 2.31. The summed E-state index contributed by atoms with van der Waals surface area (Å²) in [5.41, 5.74) is 4.57. The monoisotopic (exact) mass is 415 g/mol. The van der Waals surface area contributed by atoms with E-state index in [1.54, 1.807) is 7.05 Å². The number of rotatable bonds is 1. The molecular formula is C23H33N3O4. The molecule has 5 rings (SSSR count). The molecule has 4 aliphatic carbocycles. The van der Waals surface area contributed by atoms with Crippen molar-refractivity contribution in [2.24, 2.45) is 33.4 Å². The summed E-state index contributed by atoms with van der Waals surface area (Å²) in [5.74, 6) is -0.399. The summed E-state index contributed by atoms with van der Waals surface area (Å²) in [4.78, 5) is 30.9. The van der Waals surface area contributed by atoms with Gasteiger partial charge >= 0.3 is 0 Å². The summed E-state index contributed by atoms with van der Waals surface area (Å²) in [7, 11) is 1.72. The van der Waals surface area contributed by atoms with Crippen LogP contribution in [0.4, 0.5) is 0 Å². The van der Waals surface area contributed by atoms with Gasteiger partial charge in [0.25, 0.3) is 5.96 Å². The number of aliphatic hydroxyl groups is 1. The van der Waals surface area contributed by atoms with Gasteiger partial charge in [-0.15, -0.1) is 0 Å². The van der Waals surface area contributed by atoms with Crippen LogP contribution < -0.4 is 15.7 Å². The van der Waals surface area contributed by atoms with E-state index in [0.717, 1.165) is 57.2 Å². The average molecular weight is 416 g/mol. The number of hydrogen-bond donors (Lipinski definition) is 3. The molecule has 4 fully saturated rings. The number of Topliss-reactive ketones (excluding diaryl/α,β-unsaturated/α-hetero) is 1. The van der Waals surface area contributed by atoms with Gasteiger partial charge in [-0.3, -0.25) is 9.69 Å². The molecular weight excluding hydrogens is 382 g/mol. The first-order valence-electron chi connectivity index (χ1n) is 11.6. The van der Waals surface area contributed by atoms with Crippen molar-refractivity contribution in [3.63, 3.8) is 0 Å². The predicted molar refractivity (Wildman–Crippen MR) is 108 cm³/mol. The Bertz CT molecular complexity index is 867. The molecule has 164 valence electrons. The van der Waals surface area contributed by atoms with Gasteiger partial charge in [-0.05, 0) is 63.2 Å². The van der Waals surface area contributed by atoms with Crippen molar-refractivity contribution in [3.05, 3.63) is 11.1 Å². The molecule has 7 nitrogen and oxygen atoms in total. The lowest BCUT2D eigenvalue weighted by atomic mass is 9.47. The molecule has 0 radical (unpaired) electrons. The summed E-state index contributed by atoms with van der Waals surface area (Å²) in [6.45, 7) is 1.74. The lowest BCUT2D eigenvalue weighted by Crippen LogP contribution is -3.18. The third-order valence-corrected chi connectivity index (χ3v) is 9.57. The first kappa shape index (κ1) is 20.2. The van der Waals surface area contributed by atoms with Crippen molar-refractivity contribution in [1.29, 1.82) is 0 Å². The van der Waals surface area contributed by atoms with Gasteiger partial charge in [-0.2, -0.15) is 0 Å². The van der Waals surface area contributed by atoms with Gasteiger partial charge in [-0.25, -0.2) is 4.99 Å². The second kappa shape index (κ2) is 6.63. The van der Waals surface area contributed by atoms with E-state index in [0.29, 0.717) is 30.6 Å². The number of piperidine rings is 1. The van der Waals surface area contributed by atoms with Crippen LogP contribution in [0, 0.1) is 22.7 Å². The molecule has 5 aliphatic rings. The lowest BCUT2D eigenvalue weighted by Gasteiger charge is -2.57. The molecule has 0 aromatic rings. The highest BCUT2D eigenvalue weighted by molar-refractivity contribution is 6.03. The summed E-state index contributed by atoms with van der Waals surface area (Å²) in [6.07, 6.45) is 7.94. The van der Waals surface area contributed by atoms with Crippen LogP contribution in [-0.2, 0) is 9.59 Å². The number of nitrogens with two attached hydrogens (primary N) is 1. The normalized spacial score (nSPS) is 46.0. The summed E-state index contributed by atoms with van der Waals surface area (Å²) >= 11 is 0. The van der Waals surface area contributed by atoms with Crippen molar-refractivity contribution < 1.29 is 24.7 Å². The number of quaternary nitrogens is 1. The van der Waals surface area contributed by atoms with Crippen LogP contribution in [0.25, 0.3) is 0 Å². The fourth-order valence-corrected chi connectivity index (χ4v) is 8.55. The standard InChI is InChI=1S/C23H33N3O4/c1-25-20(24)26-10-4-9-21(13-26)15-8-7-14-5-2-3-6-17(27)23(30)12-22(14,21)16(11-15)18(23)19(28)29/h14-15,30H,2-13H2,1H3,(H2,24,25)(H,28,29). The van der Waals surface area contributed by atoms with Gasteiger partial charge in [0.2, 0.25) is 0 Å². The molecule has 2 spiro atoms. The van der Waals surface area contributed by atoms with Crippen LogP contribution >= 0.6 is 0 Å². The fraction of sp³-hybridized carbons (Fsp3) is 0.783. The zero-order chi connectivity index (χ0) is 21.3. The van der Waals surface area contributed by atoms with Crippen molar-refractivity contribution in [3.8, 4) is 0 Å². The SMILES string of the molecule is CN=C(N)[NH+]1CCCC2(C1)C1CCC3CCCCC(=O)C4(O)CC32C(=C4C(=O)[O-])C1. The number of carbonyl (C=O) groups is 2. The molecule has 0 aromatic heterocycles. The number of allylic oxidation sites excluding steroid dienone is 1. The number of aliphatic carboxylic acids is 1. The molecule has 1 heterocycles. The number of carboxylic acids is 1. The number of hydrogen-bond acceptors (Lipinski definition) is 5. The van der Waals surface area contributed by atoms with Crippen molar-refractivity contribution in [1.82, 2.24) is 0 Å². The Morgan fingerprint density at radius 1 is 1.23 bits per heavy atom. The molecule has 1 aliphatic heterocycles. The topological polar surface area (TPSA) is 120 Å². The number of nitrogens with one attached hydrogen (secondary N) is 1. The van der Waals surface area contributed by atoms with Crippen LogP contribution in [0.1, 0.15) is 64.2 Å². The molecule has 1 saturated heterocycles.